The number of rotatable bonds is 5. The van der Waals surface area contributed by atoms with Crippen molar-refractivity contribution in [2.45, 2.75) is 12.5 Å². The molecule has 7 nitrogen and oxygen atoms in total. The van der Waals surface area contributed by atoms with Crippen LogP contribution in [0.4, 0.5) is 0 Å². The highest BCUT2D eigenvalue weighted by atomic mass is 32.2. The minimum absolute atomic E-state index is 0.748. The predicted octanol–water partition coefficient (Wildman–Crippen LogP) is -1.36. The van der Waals surface area contributed by atoms with Crippen LogP contribution < -0.4 is 4.72 Å². The molecule has 0 radical (unpaired) electrons. The molecule has 0 aliphatic carbocycles. The van der Waals surface area contributed by atoms with Crippen molar-refractivity contribution in [2.24, 2.45) is 0 Å². The number of hydrogen-bond donors (Lipinski definition) is 4. The van der Waals surface area contributed by atoms with E-state index in [1.807, 2.05) is 0 Å². The highest BCUT2D eigenvalue weighted by Crippen LogP contribution is 1.92. The van der Waals surface area contributed by atoms with E-state index >= 15 is 0 Å². The molecule has 2 unspecified atom stereocenters. The van der Waals surface area contributed by atoms with Crippen LogP contribution in [-0.4, -0.2) is 37.0 Å². The molecular formula is C4H7NO6S. The van der Waals surface area contributed by atoms with Crippen molar-refractivity contribution < 1.29 is 28.6 Å². The molecule has 0 aliphatic heterocycles. The standard InChI is InChI=1S/C4H7NO6S/c6-3(7)1-2(4(8)9)5-12(10)11/h2,5H,1H2,(H,6,7)(H,8,9)(H,10,11). The molecule has 0 amide bonds. The highest BCUT2D eigenvalue weighted by Gasteiger charge is 2.21. The van der Waals surface area contributed by atoms with Gasteiger partial charge in [0, 0.05) is 0 Å². The molecule has 8 heteroatoms. The van der Waals surface area contributed by atoms with Crippen LogP contribution in [0.1, 0.15) is 6.42 Å². The number of hydrogen-bond acceptors (Lipinski definition) is 3. The van der Waals surface area contributed by atoms with Crippen molar-refractivity contribution in [2.75, 3.05) is 0 Å². The van der Waals surface area contributed by atoms with E-state index in [4.69, 9.17) is 14.8 Å². The van der Waals surface area contributed by atoms with Gasteiger partial charge in [0.1, 0.15) is 6.04 Å². The Morgan fingerprint density at radius 2 is 1.92 bits per heavy atom. The van der Waals surface area contributed by atoms with Gasteiger partial charge in [-0.15, -0.1) is 0 Å². The van der Waals surface area contributed by atoms with Crippen LogP contribution in [0.15, 0.2) is 0 Å². The molecule has 0 aliphatic rings. The van der Waals surface area contributed by atoms with Crippen molar-refractivity contribution in [3.05, 3.63) is 0 Å². The maximum Gasteiger partial charge on any atom is 0.322 e. The van der Waals surface area contributed by atoms with Gasteiger partial charge in [0.25, 0.3) is 0 Å². The topological polar surface area (TPSA) is 124 Å². The van der Waals surface area contributed by atoms with Crippen molar-refractivity contribution in [1.82, 2.24) is 4.72 Å². The predicted molar refractivity (Wildman–Crippen MR) is 37.6 cm³/mol. The molecule has 0 aromatic rings. The Kier molecular flexibility index (Phi) is 4.40. The molecule has 0 bridgehead atoms. The summed E-state index contributed by atoms with van der Waals surface area (Å²) in [6, 6.07) is -1.55. The molecule has 12 heavy (non-hydrogen) atoms. The highest BCUT2D eigenvalue weighted by molar-refractivity contribution is 7.77. The molecule has 2 atom stereocenters. The zero-order valence-electron chi connectivity index (χ0n) is 5.76. The van der Waals surface area contributed by atoms with Gasteiger partial charge < -0.3 is 10.2 Å². The minimum atomic E-state index is -2.53. The number of carbonyl (C=O) groups is 2. The Labute approximate surface area is 69.8 Å². The fraction of sp³-hybridized carbons (Fsp3) is 0.500. The van der Waals surface area contributed by atoms with Gasteiger partial charge in [-0.05, 0) is 0 Å². The van der Waals surface area contributed by atoms with Crippen molar-refractivity contribution in [3.8, 4) is 0 Å². The van der Waals surface area contributed by atoms with Gasteiger partial charge in [0.05, 0.1) is 6.42 Å². The minimum Gasteiger partial charge on any atom is -0.481 e. The van der Waals surface area contributed by atoms with E-state index in [1.165, 1.54) is 0 Å². The molecule has 0 aromatic carbocycles. The fourth-order valence-electron chi connectivity index (χ4n) is 0.476. The van der Waals surface area contributed by atoms with E-state index in [-0.39, 0.29) is 0 Å². The first-order valence-corrected chi connectivity index (χ1v) is 3.85. The van der Waals surface area contributed by atoms with Gasteiger partial charge in [-0.1, -0.05) is 0 Å². The van der Waals surface area contributed by atoms with Crippen LogP contribution in [0.3, 0.4) is 0 Å². The summed E-state index contributed by atoms with van der Waals surface area (Å²) in [7, 11) is 0. The summed E-state index contributed by atoms with van der Waals surface area (Å²) in [5.41, 5.74) is 0. The van der Waals surface area contributed by atoms with Crippen LogP contribution in [0, 0.1) is 0 Å². The van der Waals surface area contributed by atoms with Crippen LogP contribution in [0.5, 0.6) is 0 Å². The lowest BCUT2D eigenvalue weighted by Crippen LogP contribution is -2.39. The van der Waals surface area contributed by atoms with E-state index in [0.717, 1.165) is 0 Å². The zero-order chi connectivity index (χ0) is 9.72. The van der Waals surface area contributed by atoms with Crippen molar-refractivity contribution >= 4 is 23.2 Å². The van der Waals surface area contributed by atoms with Crippen molar-refractivity contribution in [3.63, 3.8) is 0 Å². The lowest BCUT2D eigenvalue weighted by molar-refractivity contribution is -0.145. The van der Waals surface area contributed by atoms with Crippen LogP contribution in [0.2, 0.25) is 0 Å². The van der Waals surface area contributed by atoms with Crippen molar-refractivity contribution in [1.29, 1.82) is 0 Å². The maximum absolute atomic E-state index is 10.2. The van der Waals surface area contributed by atoms with Gasteiger partial charge in [-0.2, -0.15) is 4.72 Å². The van der Waals surface area contributed by atoms with E-state index in [2.05, 4.69) is 0 Å². The van der Waals surface area contributed by atoms with E-state index < -0.39 is 35.7 Å². The van der Waals surface area contributed by atoms with Gasteiger partial charge in [0.15, 0.2) is 0 Å². The summed E-state index contributed by atoms with van der Waals surface area (Å²) >= 11 is -2.53. The molecule has 0 spiro atoms. The van der Waals surface area contributed by atoms with Crippen LogP contribution in [-0.2, 0) is 20.9 Å². The molecule has 0 fully saturated rings. The number of carboxylic acids is 2. The monoisotopic (exact) mass is 197 g/mol. The third-order valence-corrected chi connectivity index (χ3v) is 1.41. The smallest absolute Gasteiger partial charge is 0.322 e. The molecule has 0 heterocycles. The fourth-order valence-corrected chi connectivity index (χ4v) is 0.903. The largest absolute Gasteiger partial charge is 0.481 e. The second-order valence-corrected chi connectivity index (χ2v) is 2.59. The van der Waals surface area contributed by atoms with E-state index in [1.54, 1.807) is 4.72 Å². The summed E-state index contributed by atoms with van der Waals surface area (Å²) in [5.74, 6) is -2.85. The van der Waals surface area contributed by atoms with Crippen LogP contribution >= 0.6 is 0 Å². The average molecular weight is 197 g/mol. The maximum atomic E-state index is 10.2. The van der Waals surface area contributed by atoms with E-state index in [0.29, 0.717) is 0 Å². The second-order valence-electron chi connectivity index (χ2n) is 1.86. The number of aliphatic carboxylic acids is 2. The Hall–Kier alpha value is -0.990. The first kappa shape index (κ1) is 11.0. The number of carboxylic acid groups (broad SMARTS) is 2. The van der Waals surface area contributed by atoms with Gasteiger partial charge in [-0.3, -0.25) is 14.1 Å². The summed E-state index contributed by atoms with van der Waals surface area (Å²) in [4.78, 5) is 20.2. The Bertz CT molecular complexity index is 200. The molecule has 0 saturated carbocycles. The lowest BCUT2D eigenvalue weighted by atomic mass is 10.2. The first-order chi connectivity index (χ1) is 5.43. The Morgan fingerprint density at radius 3 is 2.17 bits per heavy atom. The molecule has 0 saturated heterocycles. The molecule has 4 N–H and O–H groups in total. The normalized spacial score (nSPS) is 15.1. The SMILES string of the molecule is O=C(O)CC(NS(=O)O)C(=O)O. The zero-order valence-corrected chi connectivity index (χ0v) is 6.58. The third-order valence-electron chi connectivity index (χ3n) is 0.920. The summed E-state index contributed by atoms with van der Waals surface area (Å²) in [5, 5.41) is 16.5. The average Bonchev–Trinajstić information content (AvgIpc) is 1.83. The summed E-state index contributed by atoms with van der Waals surface area (Å²) in [6.45, 7) is 0. The van der Waals surface area contributed by atoms with Gasteiger partial charge >= 0.3 is 11.9 Å². The molecule has 70 valence electrons. The Morgan fingerprint density at radius 1 is 1.42 bits per heavy atom. The summed E-state index contributed by atoms with van der Waals surface area (Å²) < 4.78 is 19.9. The lowest BCUT2D eigenvalue weighted by Gasteiger charge is -2.07. The second kappa shape index (κ2) is 4.80. The van der Waals surface area contributed by atoms with Crippen LogP contribution in [0.25, 0.3) is 0 Å². The Balaban J connectivity index is 4.14. The van der Waals surface area contributed by atoms with Gasteiger partial charge in [0.2, 0.25) is 11.3 Å². The van der Waals surface area contributed by atoms with E-state index in [9.17, 15) is 13.8 Å². The van der Waals surface area contributed by atoms with Gasteiger partial charge in [-0.25, -0.2) is 4.21 Å². The quantitative estimate of drug-likeness (QED) is 0.403. The number of nitrogens with one attached hydrogen (secondary N) is 1. The summed E-state index contributed by atoms with van der Waals surface area (Å²) in [6.07, 6.45) is -0.748. The first-order valence-electron chi connectivity index (χ1n) is 2.75. The molecular weight excluding hydrogens is 190 g/mol. The molecule has 0 rings (SSSR count). The third kappa shape index (κ3) is 4.77. The molecule has 0 aromatic heterocycles.